The summed E-state index contributed by atoms with van der Waals surface area (Å²) in [6.45, 7) is 6.59. The van der Waals surface area contributed by atoms with Crippen LogP contribution in [0, 0.1) is 0 Å². The number of amides is 1. The Morgan fingerprint density at radius 3 is 2.90 bits per heavy atom. The molecule has 1 amide bonds. The SMILES string of the molecule is C=Cc1cc(-c2ccc3c(ccc4sc(C(N)=O)c(NCCC)c43)n2)c(Cl)cn1. The molecule has 3 aromatic heterocycles. The summed E-state index contributed by atoms with van der Waals surface area (Å²) in [6, 6.07) is 9.74. The van der Waals surface area contributed by atoms with E-state index >= 15 is 0 Å². The average molecular weight is 423 g/mol. The summed E-state index contributed by atoms with van der Waals surface area (Å²) in [4.78, 5) is 21.6. The third-order valence-corrected chi connectivity index (χ3v) is 6.13. The Morgan fingerprint density at radius 1 is 1.34 bits per heavy atom. The predicted octanol–water partition coefficient (Wildman–Crippen LogP) is 5.73. The molecule has 0 atom stereocenters. The van der Waals surface area contributed by atoms with Gasteiger partial charge in [-0.2, -0.15) is 0 Å². The minimum absolute atomic E-state index is 0.428. The lowest BCUT2D eigenvalue weighted by Gasteiger charge is -2.09. The number of halogens is 1. The molecular weight excluding hydrogens is 404 g/mol. The van der Waals surface area contributed by atoms with E-state index in [-0.39, 0.29) is 0 Å². The molecule has 0 aliphatic rings. The number of nitrogens with two attached hydrogens (primary N) is 1. The van der Waals surface area contributed by atoms with E-state index < -0.39 is 5.91 Å². The van der Waals surface area contributed by atoms with E-state index in [0.29, 0.717) is 9.90 Å². The fraction of sp³-hybridized carbons (Fsp3) is 0.136. The maximum atomic E-state index is 12.0. The van der Waals surface area contributed by atoms with Crippen molar-refractivity contribution < 1.29 is 4.79 Å². The van der Waals surface area contributed by atoms with Crippen LogP contribution in [0.3, 0.4) is 0 Å². The average Bonchev–Trinajstić information content (AvgIpc) is 3.11. The first-order valence-corrected chi connectivity index (χ1v) is 10.4. The summed E-state index contributed by atoms with van der Waals surface area (Å²) in [5.74, 6) is -0.428. The molecule has 4 rings (SSSR count). The highest BCUT2D eigenvalue weighted by Gasteiger charge is 2.19. The van der Waals surface area contributed by atoms with Gasteiger partial charge in [0.05, 0.1) is 27.6 Å². The second-order valence-electron chi connectivity index (χ2n) is 6.59. The minimum Gasteiger partial charge on any atom is -0.383 e. The summed E-state index contributed by atoms with van der Waals surface area (Å²) >= 11 is 7.76. The molecule has 7 heteroatoms. The van der Waals surface area contributed by atoms with Crippen LogP contribution in [-0.2, 0) is 0 Å². The molecule has 0 bridgehead atoms. The molecular formula is C22H19ClN4OS. The normalized spacial score (nSPS) is 11.1. The van der Waals surface area contributed by atoms with E-state index in [4.69, 9.17) is 22.3 Å². The molecule has 0 radical (unpaired) electrons. The molecule has 1 aromatic carbocycles. The quantitative estimate of drug-likeness (QED) is 0.415. The van der Waals surface area contributed by atoms with Crippen LogP contribution < -0.4 is 11.1 Å². The minimum atomic E-state index is -0.428. The van der Waals surface area contributed by atoms with Crippen molar-refractivity contribution in [1.29, 1.82) is 0 Å². The van der Waals surface area contributed by atoms with Gasteiger partial charge in [0.15, 0.2) is 0 Å². The van der Waals surface area contributed by atoms with E-state index in [1.807, 2.05) is 30.3 Å². The Balaban J connectivity index is 1.94. The Kier molecular flexibility index (Phi) is 5.22. The Bertz CT molecular complexity index is 1260. The second-order valence-corrected chi connectivity index (χ2v) is 8.05. The number of benzene rings is 1. The Morgan fingerprint density at radius 2 is 2.17 bits per heavy atom. The molecule has 0 unspecified atom stereocenters. The van der Waals surface area contributed by atoms with Crippen molar-refractivity contribution in [2.75, 3.05) is 11.9 Å². The number of carbonyl (C=O) groups is 1. The lowest BCUT2D eigenvalue weighted by atomic mass is 10.1. The summed E-state index contributed by atoms with van der Waals surface area (Å²) in [7, 11) is 0. The van der Waals surface area contributed by atoms with Crippen LogP contribution in [0.25, 0.3) is 38.3 Å². The van der Waals surface area contributed by atoms with Crippen molar-refractivity contribution in [1.82, 2.24) is 9.97 Å². The van der Waals surface area contributed by atoms with Gasteiger partial charge in [0.25, 0.3) is 5.91 Å². The standard InChI is InChI=1S/C22H19ClN4OS/c1-3-9-25-20-19-13-5-6-17(14-10-12(4-2)26-11-15(14)23)27-16(13)7-8-18(19)29-21(20)22(24)28/h4-8,10-11,25H,2-3,9H2,1H3,(H2,24,28). The van der Waals surface area contributed by atoms with Gasteiger partial charge < -0.3 is 11.1 Å². The lowest BCUT2D eigenvalue weighted by Crippen LogP contribution is -2.12. The van der Waals surface area contributed by atoms with Gasteiger partial charge in [-0.1, -0.05) is 25.1 Å². The highest BCUT2D eigenvalue weighted by Crippen LogP contribution is 2.40. The van der Waals surface area contributed by atoms with Gasteiger partial charge in [0.2, 0.25) is 0 Å². The number of pyridine rings is 2. The number of rotatable bonds is 6. The van der Waals surface area contributed by atoms with Crippen molar-refractivity contribution in [3.63, 3.8) is 0 Å². The number of aromatic nitrogens is 2. The number of carbonyl (C=O) groups excluding carboxylic acids is 1. The van der Waals surface area contributed by atoms with Crippen molar-refractivity contribution in [3.8, 4) is 11.3 Å². The first kappa shape index (κ1) is 19.4. The van der Waals surface area contributed by atoms with Gasteiger partial charge in [-0.3, -0.25) is 9.78 Å². The number of nitrogens with one attached hydrogen (secondary N) is 1. The zero-order valence-electron chi connectivity index (χ0n) is 15.8. The van der Waals surface area contributed by atoms with Gasteiger partial charge >= 0.3 is 0 Å². The molecule has 0 spiro atoms. The van der Waals surface area contributed by atoms with Gasteiger partial charge in [-0.05, 0) is 42.8 Å². The number of nitrogens with zero attached hydrogens (tertiary/aromatic N) is 2. The van der Waals surface area contributed by atoms with Crippen LogP contribution >= 0.6 is 22.9 Å². The monoisotopic (exact) mass is 422 g/mol. The maximum Gasteiger partial charge on any atom is 0.260 e. The second kappa shape index (κ2) is 7.81. The van der Waals surface area contributed by atoms with Crippen LogP contribution in [0.2, 0.25) is 5.02 Å². The number of fused-ring (bicyclic) bond motifs is 3. The van der Waals surface area contributed by atoms with Crippen LogP contribution in [0.4, 0.5) is 5.69 Å². The van der Waals surface area contributed by atoms with E-state index in [1.54, 1.807) is 12.3 Å². The van der Waals surface area contributed by atoms with Crippen LogP contribution in [0.15, 0.2) is 43.1 Å². The molecule has 0 aliphatic carbocycles. The molecule has 29 heavy (non-hydrogen) atoms. The van der Waals surface area contributed by atoms with Crippen molar-refractivity contribution in [3.05, 3.63) is 58.7 Å². The van der Waals surface area contributed by atoms with Crippen LogP contribution in [-0.4, -0.2) is 22.4 Å². The Labute approximate surface area is 177 Å². The third-order valence-electron chi connectivity index (χ3n) is 4.66. The number of primary amides is 1. The van der Waals surface area contributed by atoms with Gasteiger partial charge in [-0.25, -0.2) is 4.98 Å². The molecule has 3 heterocycles. The van der Waals surface area contributed by atoms with E-state index in [1.165, 1.54) is 11.3 Å². The fourth-order valence-electron chi connectivity index (χ4n) is 3.31. The topological polar surface area (TPSA) is 80.9 Å². The first-order valence-electron chi connectivity index (χ1n) is 9.21. The van der Waals surface area contributed by atoms with Crippen molar-refractivity contribution in [2.45, 2.75) is 13.3 Å². The largest absolute Gasteiger partial charge is 0.383 e. The highest BCUT2D eigenvalue weighted by atomic mass is 35.5. The zero-order chi connectivity index (χ0) is 20.5. The number of thiophene rings is 1. The summed E-state index contributed by atoms with van der Waals surface area (Å²) < 4.78 is 0.996. The molecule has 5 nitrogen and oxygen atoms in total. The lowest BCUT2D eigenvalue weighted by molar-refractivity contribution is 0.100. The Hall–Kier alpha value is -2.96. The molecule has 0 fully saturated rings. The van der Waals surface area contributed by atoms with Crippen molar-refractivity contribution >= 4 is 61.6 Å². The number of hydrogen-bond acceptors (Lipinski definition) is 5. The number of anilines is 1. The summed E-state index contributed by atoms with van der Waals surface area (Å²) in [5.41, 5.74) is 9.51. The third kappa shape index (κ3) is 3.45. The number of hydrogen-bond donors (Lipinski definition) is 2. The smallest absolute Gasteiger partial charge is 0.260 e. The molecule has 0 aliphatic heterocycles. The first-order chi connectivity index (χ1) is 14.0. The van der Waals surface area contributed by atoms with E-state index in [9.17, 15) is 4.79 Å². The highest BCUT2D eigenvalue weighted by molar-refractivity contribution is 7.21. The zero-order valence-corrected chi connectivity index (χ0v) is 17.4. The molecule has 0 saturated carbocycles. The van der Waals surface area contributed by atoms with E-state index in [2.05, 4.69) is 23.8 Å². The molecule has 0 saturated heterocycles. The fourth-order valence-corrected chi connectivity index (χ4v) is 4.55. The van der Waals surface area contributed by atoms with Gasteiger partial charge in [0, 0.05) is 33.8 Å². The summed E-state index contributed by atoms with van der Waals surface area (Å²) in [6.07, 6.45) is 4.22. The van der Waals surface area contributed by atoms with Gasteiger partial charge in [-0.15, -0.1) is 11.3 Å². The van der Waals surface area contributed by atoms with Crippen molar-refractivity contribution in [2.24, 2.45) is 5.73 Å². The van der Waals surface area contributed by atoms with Gasteiger partial charge in [0.1, 0.15) is 4.88 Å². The van der Waals surface area contributed by atoms with Crippen LogP contribution in [0.5, 0.6) is 0 Å². The van der Waals surface area contributed by atoms with E-state index in [0.717, 1.165) is 56.6 Å². The maximum absolute atomic E-state index is 12.0. The summed E-state index contributed by atoms with van der Waals surface area (Å²) in [5, 5.41) is 5.83. The molecule has 146 valence electrons. The van der Waals surface area contributed by atoms with Crippen LogP contribution in [0.1, 0.15) is 28.7 Å². The predicted molar refractivity (Wildman–Crippen MR) is 123 cm³/mol. The molecule has 4 aromatic rings. The molecule has 3 N–H and O–H groups in total.